The topological polar surface area (TPSA) is 55.3 Å². The van der Waals surface area contributed by atoms with Gasteiger partial charge in [0.2, 0.25) is 0 Å². The van der Waals surface area contributed by atoms with E-state index in [1.807, 2.05) is 24.3 Å². The number of carbonyl (C=O) groups excluding carboxylic acids is 1. The molecular formula is C22H16FN3O2S. The third-order valence-corrected chi connectivity index (χ3v) is 5.10. The van der Waals surface area contributed by atoms with E-state index in [-0.39, 0.29) is 18.3 Å². The van der Waals surface area contributed by atoms with Crippen LogP contribution in [0.2, 0.25) is 0 Å². The summed E-state index contributed by atoms with van der Waals surface area (Å²) in [6.45, 7) is 0.282. The maximum absolute atomic E-state index is 13.5. The zero-order valence-electron chi connectivity index (χ0n) is 15.2. The molecule has 0 N–H and O–H groups in total. The summed E-state index contributed by atoms with van der Waals surface area (Å²) >= 11 is 1.26. The van der Waals surface area contributed by atoms with Crippen molar-refractivity contribution in [1.82, 2.24) is 9.97 Å². The van der Waals surface area contributed by atoms with Crippen LogP contribution < -0.4 is 9.64 Å². The van der Waals surface area contributed by atoms with E-state index in [9.17, 15) is 9.18 Å². The van der Waals surface area contributed by atoms with Crippen molar-refractivity contribution in [3.63, 3.8) is 0 Å². The molecule has 0 saturated heterocycles. The number of halogens is 1. The van der Waals surface area contributed by atoms with Crippen molar-refractivity contribution in [3.8, 4) is 5.75 Å². The van der Waals surface area contributed by atoms with Crippen LogP contribution in [0.4, 0.5) is 9.52 Å². The van der Waals surface area contributed by atoms with E-state index in [1.54, 1.807) is 36.7 Å². The van der Waals surface area contributed by atoms with E-state index < -0.39 is 0 Å². The fourth-order valence-corrected chi connectivity index (χ4v) is 3.67. The first kappa shape index (κ1) is 18.8. The van der Waals surface area contributed by atoms with Crippen LogP contribution in [0.1, 0.15) is 5.56 Å². The summed E-state index contributed by atoms with van der Waals surface area (Å²) < 4.78 is 19.7. The summed E-state index contributed by atoms with van der Waals surface area (Å²) in [7, 11) is 0. The van der Waals surface area contributed by atoms with Crippen molar-refractivity contribution in [2.75, 3.05) is 4.90 Å². The molecule has 7 heteroatoms. The summed E-state index contributed by atoms with van der Waals surface area (Å²) in [6.07, 6.45) is 6.05. The number of thiazole rings is 1. The summed E-state index contributed by atoms with van der Waals surface area (Å²) in [5, 5.41) is 0.476. The molecule has 29 heavy (non-hydrogen) atoms. The van der Waals surface area contributed by atoms with Gasteiger partial charge in [-0.3, -0.25) is 14.7 Å². The first-order valence-electron chi connectivity index (χ1n) is 8.84. The van der Waals surface area contributed by atoms with Gasteiger partial charge in [-0.25, -0.2) is 9.37 Å². The van der Waals surface area contributed by atoms with E-state index in [1.165, 1.54) is 40.7 Å². The van der Waals surface area contributed by atoms with Gasteiger partial charge in [-0.2, -0.15) is 0 Å². The van der Waals surface area contributed by atoms with Crippen LogP contribution in [0.5, 0.6) is 5.75 Å². The standard InChI is InChI=1S/C22H16FN3O2S/c23-17-8-9-19-20(13-17)29-22(25-19)26(15-16-5-4-11-24-14-16)21(27)10-12-28-18-6-2-1-3-7-18/h1-14H,15H2. The molecule has 0 bridgehead atoms. The zero-order chi connectivity index (χ0) is 20.1. The molecule has 0 unspecified atom stereocenters. The molecule has 1 amide bonds. The third kappa shape index (κ3) is 4.64. The number of fused-ring (bicyclic) bond motifs is 1. The molecule has 4 aromatic rings. The summed E-state index contributed by atoms with van der Waals surface area (Å²) in [5.74, 6) is -0.0101. The van der Waals surface area contributed by atoms with Gasteiger partial charge in [-0.15, -0.1) is 0 Å². The Balaban J connectivity index is 1.61. The van der Waals surface area contributed by atoms with Crippen LogP contribution in [0, 0.1) is 5.82 Å². The van der Waals surface area contributed by atoms with E-state index in [2.05, 4.69) is 9.97 Å². The van der Waals surface area contributed by atoms with E-state index >= 15 is 0 Å². The Kier molecular flexibility index (Phi) is 5.58. The van der Waals surface area contributed by atoms with Crippen molar-refractivity contribution >= 4 is 32.6 Å². The Morgan fingerprint density at radius 2 is 2.00 bits per heavy atom. The average molecular weight is 405 g/mol. The number of amides is 1. The van der Waals surface area contributed by atoms with E-state index in [0.29, 0.717) is 21.1 Å². The molecule has 0 spiro atoms. The minimum Gasteiger partial charge on any atom is -0.465 e. The van der Waals surface area contributed by atoms with Crippen LogP contribution in [-0.2, 0) is 11.3 Å². The molecule has 5 nitrogen and oxygen atoms in total. The van der Waals surface area contributed by atoms with Crippen LogP contribution in [0.15, 0.2) is 85.4 Å². The number of para-hydroxylation sites is 1. The summed E-state index contributed by atoms with van der Waals surface area (Å²) in [4.78, 5) is 23.0. The van der Waals surface area contributed by atoms with Crippen LogP contribution in [0.3, 0.4) is 0 Å². The van der Waals surface area contributed by atoms with Crippen LogP contribution >= 0.6 is 11.3 Å². The Labute approximate surface area is 170 Å². The zero-order valence-corrected chi connectivity index (χ0v) is 16.1. The highest BCUT2D eigenvalue weighted by molar-refractivity contribution is 7.22. The maximum Gasteiger partial charge on any atom is 0.256 e. The van der Waals surface area contributed by atoms with Gasteiger partial charge < -0.3 is 4.74 Å². The van der Waals surface area contributed by atoms with Gasteiger partial charge in [0.05, 0.1) is 23.0 Å². The predicted octanol–water partition coefficient (Wildman–Crippen LogP) is 4.96. The van der Waals surface area contributed by atoms with Crippen molar-refractivity contribution in [1.29, 1.82) is 0 Å². The quantitative estimate of drug-likeness (QED) is 0.336. The SMILES string of the molecule is O=C(C=COc1ccccc1)N(Cc1cccnc1)c1nc2ccc(F)cc2s1. The molecule has 0 saturated carbocycles. The van der Waals surface area contributed by atoms with Gasteiger partial charge in [-0.1, -0.05) is 35.6 Å². The second-order valence-electron chi connectivity index (χ2n) is 6.13. The molecule has 2 aromatic heterocycles. The number of hydrogen-bond acceptors (Lipinski definition) is 5. The highest BCUT2D eigenvalue weighted by Crippen LogP contribution is 2.30. The Hall–Kier alpha value is -3.58. The van der Waals surface area contributed by atoms with Crippen molar-refractivity contribution in [3.05, 3.63) is 96.8 Å². The molecule has 0 radical (unpaired) electrons. The molecule has 2 heterocycles. The lowest BCUT2D eigenvalue weighted by molar-refractivity contribution is -0.114. The average Bonchev–Trinajstić information content (AvgIpc) is 3.16. The fourth-order valence-electron chi connectivity index (χ4n) is 2.68. The van der Waals surface area contributed by atoms with E-state index in [0.717, 1.165) is 5.56 Å². The number of ether oxygens (including phenoxy) is 1. The normalized spacial score (nSPS) is 11.1. The Bertz CT molecular complexity index is 1150. The highest BCUT2D eigenvalue weighted by Gasteiger charge is 2.19. The van der Waals surface area contributed by atoms with Crippen molar-refractivity contribution in [2.24, 2.45) is 0 Å². The number of benzene rings is 2. The van der Waals surface area contributed by atoms with Crippen molar-refractivity contribution in [2.45, 2.75) is 6.54 Å². The number of rotatable bonds is 6. The summed E-state index contributed by atoms with van der Waals surface area (Å²) in [6, 6.07) is 17.2. The van der Waals surface area contributed by atoms with Gasteiger partial charge in [0.15, 0.2) is 5.13 Å². The number of pyridine rings is 1. The molecule has 0 aliphatic heterocycles. The van der Waals surface area contributed by atoms with E-state index in [4.69, 9.17) is 4.74 Å². The van der Waals surface area contributed by atoms with Crippen LogP contribution in [-0.4, -0.2) is 15.9 Å². The van der Waals surface area contributed by atoms with Gasteiger partial charge >= 0.3 is 0 Å². The monoisotopic (exact) mass is 405 g/mol. The molecule has 0 fully saturated rings. The smallest absolute Gasteiger partial charge is 0.256 e. The lowest BCUT2D eigenvalue weighted by Gasteiger charge is -2.18. The number of carbonyl (C=O) groups is 1. The Morgan fingerprint density at radius 3 is 2.79 bits per heavy atom. The molecule has 144 valence electrons. The second kappa shape index (κ2) is 8.62. The first-order valence-corrected chi connectivity index (χ1v) is 9.65. The fraction of sp³-hybridized carbons (Fsp3) is 0.0455. The number of hydrogen-bond donors (Lipinski definition) is 0. The molecule has 0 aliphatic rings. The number of aromatic nitrogens is 2. The van der Waals surface area contributed by atoms with Gasteiger partial charge in [0.1, 0.15) is 11.6 Å². The van der Waals surface area contributed by atoms with Gasteiger partial charge in [-0.05, 0) is 42.0 Å². The Morgan fingerprint density at radius 1 is 1.14 bits per heavy atom. The summed E-state index contributed by atoms with van der Waals surface area (Å²) in [5.41, 5.74) is 1.49. The highest BCUT2D eigenvalue weighted by atomic mass is 32.1. The molecular weight excluding hydrogens is 389 g/mol. The predicted molar refractivity (Wildman–Crippen MR) is 111 cm³/mol. The minimum absolute atomic E-state index is 0.282. The number of nitrogens with zero attached hydrogens (tertiary/aromatic N) is 3. The minimum atomic E-state index is -0.339. The van der Waals surface area contributed by atoms with Crippen LogP contribution in [0.25, 0.3) is 10.2 Å². The molecule has 0 atom stereocenters. The molecule has 2 aromatic carbocycles. The first-order chi connectivity index (χ1) is 14.2. The molecule has 0 aliphatic carbocycles. The second-order valence-corrected chi connectivity index (χ2v) is 7.14. The van der Waals surface area contributed by atoms with Gasteiger partial charge in [0, 0.05) is 18.5 Å². The third-order valence-electron chi connectivity index (χ3n) is 4.06. The van der Waals surface area contributed by atoms with Gasteiger partial charge in [0.25, 0.3) is 5.91 Å². The lowest BCUT2D eigenvalue weighted by atomic mass is 10.2. The maximum atomic E-state index is 13.5. The molecule has 4 rings (SSSR count). The van der Waals surface area contributed by atoms with Crippen molar-refractivity contribution < 1.29 is 13.9 Å². The largest absolute Gasteiger partial charge is 0.465 e. The number of anilines is 1. The lowest BCUT2D eigenvalue weighted by Crippen LogP contribution is -2.28.